The van der Waals surface area contributed by atoms with Crippen LogP contribution in [-0.2, 0) is 0 Å². The molecule has 0 saturated heterocycles. The molecule has 0 atom stereocenters. The van der Waals surface area contributed by atoms with Crippen LogP contribution in [0.1, 0.15) is 0 Å². The van der Waals surface area contributed by atoms with E-state index in [9.17, 15) is 0 Å². The lowest BCUT2D eigenvalue weighted by Crippen LogP contribution is -2.10. The molecule has 2 heterocycles. The summed E-state index contributed by atoms with van der Waals surface area (Å²) in [4.78, 5) is 4.88. The van der Waals surface area contributed by atoms with Crippen LogP contribution in [0, 0.1) is 0 Å². The van der Waals surface area contributed by atoms with E-state index in [-0.39, 0.29) is 0 Å². The van der Waals surface area contributed by atoms with Crippen LogP contribution in [0.5, 0.6) is 0 Å². The predicted molar refractivity (Wildman–Crippen MR) is 111 cm³/mol. The Bertz CT molecular complexity index is 1300. The van der Waals surface area contributed by atoms with Crippen LogP contribution in [0.15, 0.2) is 83.2 Å². The Morgan fingerprint density at radius 1 is 0.929 bits per heavy atom. The topological polar surface area (TPSA) is 83.2 Å². The molecule has 5 aromatic rings. The average Bonchev–Trinajstić information content (AvgIpc) is 3.33. The molecule has 28 heavy (non-hydrogen) atoms. The molecule has 7 nitrogen and oxygen atoms in total. The van der Waals surface area contributed by atoms with E-state index in [0.29, 0.717) is 5.46 Å². The van der Waals surface area contributed by atoms with Gasteiger partial charge in [-0.1, -0.05) is 35.8 Å². The lowest BCUT2D eigenvalue weighted by Gasteiger charge is -2.08. The zero-order valence-corrected chi connectivity index (χ0v) is 14.7. The van der Waals surface area contributed by atoms with Crippen LogP contribution in [0.25, 0.3) is 21.9 Å². The minimum Gasteiger partial charge on any atom is -0.359 e. The lowest BCUT2D eigenvalue weighted by atomic mass is 9.96. The first-order chi connectivity index (χ1) is 13.8. The van der Waals surface area contributed by atoms with Gasteiger partial charge in [0.25, 0.3) is 0 Å². The molecule has 132 valence electrons. The van der Waals surface area contributed by atoms with E-state index in [1.54, 1.807) is 16.9 Å². The lowest BCUT2D eigenvalue weighted by molar-refractivity contribution is 0.767. The van der Waals surface area contributed by atoms with E-state index in [4.69, 9.17) is 7.85 Å². The number of hydrogen-bond acceptors (Lipinski definition) is 5. The number of para-hydroxylation sites is 1. The fourth-order valence-electron chi connectivity index (χ4n) is 3.06. The molecule has 2 N–H and O–H groups in total. The summed E-state index contributed by atoms with van der Waals surface area (Å²) in [5.41, 5.74) is 8.95. The molecular formula is C20H14BN7. The molecule has 0 unspecified atom stereocenters. The summed E-state index contributed by atoms with van der Waals surface area (Å²) in [6, 6.07) is 20.9. The predicted octanol–water partition coefficient (Wildman–Crippen LogP) is 4.00. The van der Waals surface area contributed by atoms with Gasteiger partial charge in [-0.3, -0.25) is 5.43 Å². The molecule has 0 spiro atoms. The number of benzene rings is 3. The first-order valence-electron chi connectivity index (χ1n) is 8.73. The highest BCUT2D eigenvalue weighted by Crippen LogP contribution is 2.33. The molecule has 5 rings (SSSR count). The van der Waals surface area contributed by atoms with Crippen molar-refractivity contribution in [2.45, 2.75) is 0 Å². The van der Waals surface area contributed by atoms with Crippen LogP contribution >= 0.6 is 0 Å². The maximum absolute atomic E-state index is 5.72. The van der Waals surface area contributed by atoms with E-state index in [0.717, 1.165) is 39.0 Å². The van der Waals surface area contributed by atoms with Crippen molar-refractivity contribution in [3.05, 3.63) is 72.9 Å². The fraction of sp³-hybridized carbons (Fsp3) is 0. The molecule has 3 aromatic carbocycles. The standard InChI is InChI=1S/C20H14BN7/c21-13-8-10-14(11-9-13)23-24-18-12-22-16-5-3-6-17(20(16)18)26-28-19-7-2-1-4-15(19)25-27-28/h1-12,22,26H. The number of H-pyrrole nitrogens is 1. The van der Waals surface area contributed by atoms with Gasteiger partial charge in [-0.2, -0.15) is 9.91 Å². The first-order valence-corrected chi connectivity index (χ1v) is 8.73. The number of anilines is 1. The summed E-state index contributed by atoms with van der Waals surface area (Å²) in [5.74, 6) is 0. The average molecular weight is 363 g/mol. The molecule has 0 aliphatic heterocycles. The minimum atomic E-state index is 0.692. The second kappa shape index (κ2) is 6.66. The van der Waals surface area contributed by atoms with Gasteiger partial charge >= 0.3 is 0 Å². The molecule has 0 aliphatic carbocycles. The van der Waals surface area contributed by atoms with E-state index >= 15 is 0 Å². The number of rotatable bonds is 4. The van der Waals surface area contributed by atoms with Gasteiger partial charge < -0.3 is 4.98 Å². The van der Waals surface area contributed by atoms with Crippen LogP contribution < -0.4 is 10.9 Å². The molecule has 2 aromatic heterocycles. The van der Waals surface area contributed by atoms with Crippen LogP contribution in [0.3, 0.4) is 0 Å². The van der Waals surface area contributed by atoms with Gasteiger partial charge in [-0.25, -0.2) is 0 Å². The highest BCUT2D eigenvalue weighted by Gasteiger charge is 2.11. The van der Waals surface area contributed by atoms with Gasteiger partial charge in [0.1, 0.15) is 24.6 Å². The van der Waals surface area contributed by atoms with Gasteiger partial charge in [0.15, 0.2) is 0 Å². The Hall–Kier alpha value is -3.94. The van der Waals surface area contributed by atoms with E-state index < -0.39 is 0 Å². The molecular weight excluding hydrogens is 349 g/mol. The first kappa shape index (κ1) is 16.3. The minimum absolute atomic E-state index is 0.692. The van der Waals surface area contributed by atoms with Crippen LogP contribution in [0.2, 0.25) is 0 Å². The van der Waals surface area contributed by atoms with Gasteiger partial charge in [0.2, 0.25) is 0 Å². The Labute approximate surface area is 161 Å². The van der Waals surface area contributed by atoms with Crippen molar-refractivity contribution in [1.82, 2.24) is 20.1 Å². The number of nitrogens with one attached hydrogen (secondary N) is 2. The van der Waals surface area contributed by atoms with Crippen LogP contribution in [0.4, 0.5) is 17.1 Å². The van der Waals surface area contributed by atoms with E-state index in [1.165, 1.54) is 0 Å². The maximum atomic E-state index is 5.72. The summed E-state index contributed by atoms with van der Waals surface area (Å²) in [7, 11) is 5.72. The van der Waals surface area contributed by atoms with Gasteiger partial charge in [0, 0.05) is 11.7 Å². The zero-order chi connectivity index (χ0) is 18.9. The molecule has 0 aliphatic rings. The highest BCUT2D eigenvalue weighted by atomic mass is 15.6. The molecule has 8 heteroatoms. The fourth-order valence-corrected chi connectivity index (χ4v) is 3.06. The number of azo groups is 1. The van der Waals surface area contributed by atoms with Crippen LogP contribution in [-0.4, -0.2) is 27.9 Å². The quantitative estimate of drug-likeness (QED) is 0.374. The summed E-state index contributed by atoms with van der Waals surface area (Å²) in [6.45, 7) is 0. The Balaban J connectivity index is 1.54. The molecule has 2 radical (unpaired) electrons. The Morgan fingerprint density at radius 3 is 2.68 bits per heavy atom. The van der Waals surface area contributed by atoms with Gasteiger partial charge in [0.05, 0.1) is 16.8 Å². The summed E-state index contributed by atoms with van der Waals surface area (Å²) < 4.78 is 0. The third-order valence-corrected chi connectivity index (χ3v) is 4.43. The second-order valence-corrected chi connectivity index (χ2v) is 6.30. The largest absolute Gasteiger partial charge is 0.359 e. The monoisotopic (exact) mass is 363 g/mol. The molecule has 0 amide bonds. The number of nitrogens with zero attached hydrogens (tertiary/aromatic N) is 5. The maximum Gasteiger partial charge on any atom is 0.115 e. The van der Waals surface area contributed by atoms with Gasteiger partial charge in [-0.05, 0) is 41.6 Å². The van der Waals surface area contributed by atoms with Crippen molar-refractivity contribution in [2.75, 3.05) is 5.43 Å². The number of hydrogen-bond donors (Lipinski definition) is 2. The van der Waals surface area contributed by atoms with Crippen molar-refractivity contribution in [3.63, 3.8) is 0 Å². The Kier molecular flexibility index (Phi) is 3.87. The molecule has 0 saturated carbocycles. The Morgan fingerprint density at radius 2 is 1.79 bits per heavy atom. The zero-order valence-electron chi connectivity index (χ0n) is 14.7. The van der Waals surface area contributed by atoms with Crippen molar-refractivity contribution in [3.8, 4) is 0 Å². The molecule has 0 bridgehead atoms. The van der Waals surface area contributed by atoms with Crippen molar-refractivity contribution in [1.29, 1.82) is 0 Å². The summed E-state index contributed by atoms with van der Waals surface area (Å²) in [5, 5.41) is 18.0. The summed E-state index contributed by atoms with van der Waals surface area (Å²) >= 11 is 0. The van der Waals surface area contributed by atoms with Crippen molar-refractivity contribution in [2.24, 2.45) is 10.2 Å². The third-order valence-electron chi connectivity index (χ3n) is 4.43. The third kappa shape index (κ3) is 2.90. The normalized spacial score (nSPS) is 11.6. The smallest absolute Gasteiger partial charge is 0.115 e. The van der Waals surface area contributed by atoms with Crippen molar-refractivity contribution >= 4 is 52.3 Å². The van der Waals surface area contributed by atoms with Crippen molar-refractivity contribution < 1.29 is 0 Å². The second-order valence-electron chi connectivity index (χ2n) is 6.30. The summed E-state index contributed by atoms with van der Waals surface area (Å²) in [6.07, 6.45) is 1.83. The number of aromatic nitrogens is 4. The SMILES string of the molecule is [B]c1ccc(N=Nc2c[nH]c3cccc(Nn4nnc5ccccc54)c23)cc1. The van der Waals surface area contributed by atoms with Gasteiger partial charge in [-0.15, -0.1) is 10.2 Å². The molecule has 0 fully saturated rings. The van der Waals surface area contributed by atoms with E-state index in [2.05, 4.69) is 31.0 Å². The highest BCUT2D eigenvalue weighted by molar-refractivity contribution is 6.32. The number of fused-ring (bicyclic) bond motifs is 2. The number of aromatic amines is 1. The van der Waals surface area contributed by atoms with E-state index in [1.807, 2.05) is 60.8 Å².